The van der Waals surface area contributed by atoms with Gasteiger partial charge in [0, 0.05) is 0 Å². The molecule has 0 bridgehead atoms. The molecule has 2 aromatic carbocycles. The lowest BCUT2D eigenvalue weighted by Gasteiger charge is -2.12. The van der Waals surface area contributed by atoms with Crippen LogP contribution in [0.4, 0.5) is 0 Å². The molecule has 0 amide bonds. The first-order valence-corrected chi connectivity index (χ1v) is 9.03. The summed E-state index contributed by atoms with van der Waals surface area (Å²) in [6, 6.07) is 18.4. The van der Waals surface area contributed by atoms with Gasteiger partial charge in [0.1, 0.15) is 12.4 Å². The van der Waals surface area contributed by atoms with Crippen LogP contribution in [0.25, 0.3) is 0 Å². The van der Waals surface area contributed by atoms with Crippen molar-refractivity contribution in [3.8, 4) is 5.75 Å². The number of hydrogen-bond acceptors (Lipinski definition) is 4. The standard InChI is InChI=1S/C19H21N3OS/c1-3-24-19-21-20-18(14-23-17-12-8-7-9-15(17)2)22(19)13-16-10-5-4-6-11-16/h4-12H,3,13-14H2,1-2H3. The molecule has 0 aliphatic carbocycles. The molecule has 4 nitrogen and oxygen atoms in total. The number of nitrogens with zero attached hydrogens (tertiary/aromatic N) is 3. The Kier molecular flexibility index (Phi) is 5.54. The fourth-order valence-corrected chi connectivity index (χ4v) is 3.13. The van der Waals surface area contributed by atoms with Crippen molar-refractivity contribution in [3.63, 3.8) is 0 Å². The van der Waals surface area contributed by atoms with Crippen LogP contribution in [0, 0.1) is 6.92 Å². The molecule has 1 heterocycles. The molecular weight excluding hydrogens is 318 g/mol. The number of ether oxygens (including phenoxy) is 1. The van der Waals surface area contributed by atoms with Crippen LogP contribution in [0.5, 0.6) is 5.75 Å². The Bertz CT molecular complexity index is 786. The molecule has 0 fully saturated rings. The van der Waals surface area contributed by atoms with Crippen LogP contribution in [0.3, 0.4) is 0 Å². The third-order valence-corrected chi connectivity index (χ3v) is 4.55. The normalized spacial score (nSPS) is 10.8. The SMILES string of the molecule is CCSc1nnc(COc2ccccc2C)n1Cc1ccccc1. The van der Waals surface area contributed by atoms with Gasteiger partial charge >= 0.3 is 0 Å². The molecule has 0 aliphatic rings. The third kappa shape index (κ3) is 3.97. The van der Waals surface area contributed by atoms with E-state index in [1.165, 1.54) is 5.56 Å². The van der Waals surface area contributed by atoms with Gasteiger partial charge in [-0.15, -0.1) is 10.2 Å². The van der Waals surface area contributed by atoms with Crippen molar-refractivity contribution in [1.29, 1.82) is 0 Å². The summed E-state index contributed by atoms with van der Waals surface area (Å²) in [5, 5.41) is 9.61. The zero-order valence-electron chi connectivity index (χ0n) is 14.0. The molecule has 24 heavy (non-hydrogen) atoms. The largest absolute Gasteiger partial charge is 0.485 e. The molecule has 0 saturated carbocycles. The van der Waals surface area contributed by atoms with Gasteiger partial charge in [-0.25, -0.2) is 0 Å². The van der Waals surface area contributed by atoms with Gasteiger partial charge in [-0.2, -0.15) is 0 Å². The Morgan fingerprint density at radius 3 is 2.50 bits per heavy atom. The second-order valence-electron chi connectivity index (χ2n) is 5.46. The van der Waals surface area contributed by atoms with E-state index >= 15 is 0 Å². The number of rotatable bonds is 7. The van der Waals surface area contributed by atoms with Crippen molar-refractivity contribution in [3.05, 3.63) is 71.5 Å². The molecule has 1 aromatic heterocycles. The van der Waals surface area contributed by atoms with Crippen molar-refractivity contribution in [2.24, 2.45) is 0 Å². The van der Waals surface area contributed by atoms with Gasteiger partial charge < -0.3 is 4.74 Å². The zero-order chi connectivity index (χ0) is 16.8. The molecule has 0 unspecified atom stereocenters. The highest BCUT2D eigenvalue weighted by atomic mass is 32.2. The smallest absolute Gasteiger partial charge is 0.191 e. The summed E-state index contributed by atoms with van der Waals surface area (Å²) in [4.78, 5) is 0. The molecular formula is C19H21N3OS. The quantitative estimate of drug-likeness (QED) is 0.601. The van der Waals surface area contributed by atoms with Crippen LogP contribution in [0.15, 0.2) is 59.8 Å². The van der Waals surface area contributed by atoms with Crippen molar-refractivity contribution < 1.29 is 4.74 Å². The van der Waals surface area contributed by atoms with Crippen LogP contribution in [0.2, 0.25) is 0 Å². The molecule has 0 saturated heterocycles. The second kappa shape index (κ2) is 8.02. The highest BCUT2D eigenvalue weighted by Gasteiger charge is 2.13. The molecule has 5 heteroatoms. The molecule has 3 aromatic rings. The third-order valence-electron chi connectivity index (χ3n) is 3.70. The lowest BCUT2D eigenvalue weighted by atomic mass is 10.2. The fraction of sp³-hybridized carbons (Fsp3) is 0.263. The summed E-state index contributed by atoms with van der Waals surface area (Å²) in [6.07, 6.45) is 0. The average molecular weight is 339 g/mol. The number of para-hydroxylation sites is 1. The monoisotopic (exact) mass is 339 g/mol. The van der Waals surface area contributed by atoms with E-state index in [1.807, 2.05) is 37.3 Å². The number of hydrogen-bond donors (Lipinski definition) is 0. The summed E-state index contributed by atoms with van der Waals surface area (Å²) in [6.45, 7) is 5.33. The summed E-state index contributed by atoms with van der Waals surface area (Å²) in [5.41, 5.74) is 2.35. The highest BCUT2D eigenvalue weighted by molar-refractivity contribution is 7.99. The molecule has 0 spiro atoms. The van der Waals surface area contributed by atoms with Gasteiger partial charge in [0.25, 0.3) is 0 Å². The molecule has 3 rings (SSSR count). The Balaban J connectivity index is 1.81. The average Bonchev–Trinajstić information content (AvgIpc) is 2.97. The van der Waals surface area contributed by atoms with Crippen molar-refractivity contribution >= 4 is 11.8 Å². The van der Waals surface area contributed by atoms with E-state index in [1.54, 1.807) is 11.8 Å². The second-order valence-corrected chi connectivity index (χ2v) is 6.69. The summed E-state index contributed by atoms with van der Waals surface area (Å²) < 4.78 is 8.10. The van der Waals surface area contributed by atoms with E-state index in [-0.39, 0.29) is 0 Å². The Labute approximate surface area is 146 Å². The zero-order valence-corrected chi connectivity index (χ0v) is 14.8. The van der Waals surface area contributed by atoms with Crippen molar-refractivity contribution in [1.82, 2.24) is 14.8 Å². The van der Waals surface area contributed by atoms with E-state index in [0.717, 1.165) is 34.6 Å². The Morgan fingerprint density at radius 1 is 1.00 bits per heavy atom. The highest BCUT2D eigenvalue weighted by Crippen LogP contribution is 2.21. The van der Waals surface area contributed by atoms with Crippen molar-refractivity contribution in [2.45, 2.75) is 32.2 Å². The predicted octanol–water partition coefficient (Wildman–Crippen LogP) is 4.33. The first-order valence-electron chi connectivity index (χ1n) is 8.05. The minimum absolute atomic E-state index is 0.412. The topological polar surface area (TPSA) is 39.9 Å². The van der Waals surface area contributed by atoms with Crippen LogP contribution < -0.4 is 4.74 Å². The van der Waals surface area contributed by atoms with E-state index in [0.29, 0.717) is 6.61 Å². The number of aryl methyl sites for hydroxylation is 1. The number of aromatic nitrogens is 3. The van der Waals surface area contributed by atoms with Crippen LogP contribution in [-0.2, 0) is 13.2 Å². The van der Waals surface area contributed by atoms with Gasteiger partial charge in [-0.3, -0.25) is 4.57 Å². The number of thioether (sulfide) groups is 1. The maximum atomic E-state index is 5.96. The number of benzene rings is 2. The molecule has 0 radical (unpaired) electrons. The Morgan fingerprint density at radius 2 is 1.75 bits per heavy atom. The summed E-state index contributed by atoms with van der Waals surface area (Å²) in [5.74, 6) is 2.69. The molecule has 124 valence electrons. The van der Waals surface area contributed by atoms with Crippen LogP contribution in [-0.4, -0.2) is 20.5 Å². The summed E-state index contributed by atoms with van der Waals surface area (Å²) >= 11 is 1.70. The lowest BCUT2D eigenvalue weighted by molar-refractivity contribution is 0.287. The first-order chi connectivity index (χ1) is 11.8. The van der Waals surface area contributed by atoms with Crippen molar-refractivity contribution in [2.75, 3.05) is 5.75 Å². The van der Waals surface area contributed by atoms with Crippen LogP contribution >= 0.6 is 11.8 Å². The minimum Gasteiger partial charge on any atom is -0.485 e. The van der Waals surface area contributed by atoms with Gasteiger partial charge in [-0.1, -0.05) is 67.2 Å². The predicted molar refractivity (Wildman–Crippen MR) is 97.5 cm³/mol. The van der Waals surface area contributed by atoms with E-state index in [2.05, 4.69) is 46.0 Å². The molecule has 0 aliphatic heterocycles. The lowest BCUT2D eigenvalue weighted by Crippen LogP contribution is -2.10. The van der Waals surface area contributed by atoms with E-state index in [4.69, 9.17) is 4.74 Å². The van der Waals surface area contributed by atoms with Gasteiger partial charge in [0.15, 0.2) is 11.0 Å². The van der Waals surface area contributed by atoms with E-state index in [9.17, 15) is 0 Å². The van der Waals surface area contributed by atoms with Gasteiger partial charge in [0.05, 0.1) is 6.54 Å². The first kappa shape index (κ1) is 16.6. The molecule has 0 atom stereocenters. The summed E-state index contributed by atoms with van der Waals surface area (Å²) in [7, 11) is 0. The minimum atomic E-state index is 0.412. The van der Waals surface area contributed by atoms with Crippen LogP contribution in [0.1, 0.15) is 23.9 Å². The van der Waals surface area contributed by atoms with Gasteiger partial charge in [-0.05, 0) is 29.9 Å². The fourth-order valence-electron chi connectivity index (χ4n) is 2.45. The maximum Gasteiger partial charge on any atom is 0.191 e. The molecule has 0 N–H and O–H groups in total. The van der Waals surface area contributed by atoms with Gasteiger partial charge in [0.2, 0.25) is 0 Å². The Hall–Kier alpha value is -2.27. The maximum absolute atomic E-state index is 5.96. The van der Waals surface area contributed by atoms with E-state index < -0.39 is 0 Å².